The standard InChI is InChI=1S/C27H23N3O5S2/c1-16-4-9-24(36-16)23-15-21(30-25(31)10-11-28-27(30)32)14-22(26(23)35-2)19-6-5-18-13-20(29-37(3,33)34)8-7-17(18)12-19/h4-15,29H,1-3H3,(H,28,32). The van der Waals surface area contributed by atoms with Crippen molar-refractivity contribution in [2.75, 3.05) is 18.1 Å². The average molecular weight is 534 g/mol. The molecule has 2 N–H and O–H groups in total. The van der Waals surface area contributed by atoms with Gasteiger partial charge in [0.2, 0.25) is 10.0 Å². The van der Waals surface area contributed by atoms with Crippen molar-refractivity contribution in [1.29, 1.82) is 0 Å². The normalized spacial score (nSPS) is 11.5. The van der Waals surface area contributed by atoms with Crippen LogP contribution in [0.15, 0.2) is 82.5 Å². The monoisotopic (exact) mass is 533 g/mol. The molecule has 8 nitrogen and oxygen atoms in total. The number of nitrogens with one attached hydrogen (secondary N) is 2. The Bertz CT molecular complexity index is 1860. The number of rotatable bonds is 6. The maximum Gasteiger partial charge on any atom is 0.332 e. The van der Waals surface area contributed by atoms with E-state index in [4.69, 9.17) is 4.74 Å². The third kappa shape index (κ3) is 4.93. The molecule has 2 heterocycles. The van der Waals surface area contributed by atoms with Crippen molar-refractivity contribution in [3.05, 3.63) is 98.6 Å². The molecule has 5 rings (SSSR count). The Morgan fingerprint density at radius 2 is 1.65 bits per heavy atom. The van der Waals surface area contributed by atoms with Crippen LogP contribution in [0.2, 0.25) is 0 Å². The van der Waals surface area contributed by atoms with Crippen molar-refractivity contribution >= 4 is 37.8 Å². The predicted octanol–water partition coefficient (Wildman–Crippen LogP) is 4.76. The molecule has 0 fully saturated rings. The lowest BCUT2D eigenvalue weighted by atomic mass is 9.96. The maximum absolute atomic E-state index is 12.7. The van der Waals surface area contributed by atoms with E-state index in [0.717, 1.165) is 42.5 Å². The molecule has 0 saturated carbocycles. The van der Waals surface area contributed by atoms with Crippen molar-refractivity contribution in [2.24, 2.45) is 0 Å². The molecular weight excluding hydrogens is 510 g/mol. The minimum absolute atomic E-state index is 0.413. The van der Waals surface area contributed by atoms with E-state index in [2.05, 4.69) is 9.71 Å². The van der Waals surface area contributed by atoms with E-state index in [1.165, 1.54) is 12.3 Å². The molecule has 5 aromatic rings. The van der Waals surface area contributed by atoms with Crippen molar-refractivity contribution in [3.8, 4) is 33.0 Å². The summed E-state index contributed by atoms with van der Waals surface area (Å²) in [5.74, 6) is 0.612. The highest BCUT2D eigenvalue weighted by molar-refractivity contribution is 7.92. The second-order valence-electron chi connectivity index (χ2n) is 8.59. The van der Waals surface area contributed by atoms with Gasteiger partial charge < -0.3 is 9.72 Å². The number of hydrogen-bond acceptors (Lipinski definition) is 6. The molecule has 188 valence electrons. The van der Waals surface area contributed by atoms with E-state index in [1.54, 1.807) is 42.7 Å². The molecule has 0 bridgehead atoms. The van der Waals surface area contributed by atoms with E-state index >= 15 is 0 Å². The number of nitrogens with zero attached hydrogens (tertiary/aromatic N) is 1. The third-order valence-corrected chi connectivity index (χ3v) is 7.49. The molecule has 10 heteroatoms. The van der Waals surface area contributed by atoms with Gasteiger partial charge in [-0.05, 0) is 65.7 Å². The fraction of sp³-hybridized carbons (Fsp3) is 0.111. The van der Waals surface area contributed by atoms with Crippen LogP contribution in [0.3, 0.4) is 0 Å². The molecule has 0 aliphatic rings. The van der Waals surface area contributed by atoms with Gasteiger partial charge in [0.25, 0.3) is 5.56 Å². The Kier molecular flexibility index (Phi) is 6.22. The summed E-state index contributed by atoms with van der Waals surface area (Å²) in [5, 5.41) is 1.73. The summed E-state index contributed by atoms with van der Waals surface area (Å²) in [5.41, 5.74) is 2.17. The zero-order valence-corrected chi connectivity index (χ0v) is 21.9. The van der Waals surface area contributed by atoms with Crippen LogP contribution >= 0.6 is 11.3 Å². The molecule has 0 spiro atoms. The summed E-state index contributed by atoms with van der Waals surface area (Å²) < 4.78 is 32.7. The zero-order valence-electron chi connectivity index (χ0n) is 20.2. The molecule has 0 amide bonds. The lowest BCUT2D eigenvalue weighted by molar-refractivity contribution is 0.418. The van der Waals surface area contributed by atoms with Crippen LogP contribution < -0.4 is 20.7 Å². The minimum atomic E-state index is -3.40. The molecule has 0 aliphatic heterocycles. The highest BCUT2D eigenvalue weighted by Crippen LogP contribution is 2.43. The number of sulfonamides is 1. The molecule has 0 radical (unpaired) electrons. The van der Waals surface area contributed by atoms with Gasteiger partial charge in [0, 0.05) is 38.8 Å². The van der Waals surface area contributed by atoms with E-state index in [-0.39, 0.29) is 0 Å². The van der Waals surface area contributed by atoms with Crippen LogP contribution in [0.25, 0.3) is 38.0 Å². The SMILES string of the molecule is COc1c(-c2ccc3cc(NS(C)(=O)=O)ccc3c2)cc(-n2c(=O)cc[nH]c2=O)cc1-c1ccc(C)s1. The first kappa shape index (κ1) is 24.5. The van der Waals surface area contributed by atoms with E-state index < -0.39 is 21.3 Å². The Hall–Kier alpha value is -4.15. The fourth-order valence-corrected chi connectivity index (χ4v) is 5.73. The Labute approximate surface area is 216 Å². The van der Waals surface area contributed by atoms with Crippen LogP contribution in [0.1, 0.15) is 4.88 Å². The number of aromatic amines is 1. The molecule has 0 saturated heterocycles. The predicted molar refractivity (Wildman–Crippen MR) is 149 cm³/mol. The van der Waals surface area contributed by atoms with E-state index in [1.807, 2.05) is 43.3 Å². The Morgan fingerprint density at radius 1 is 0.919 bits per heavy atom. The molecule has 2 aromatic heterocycles. The number of hydrogen-bond donors (Lipinski definition) is 2. The van der Waals surface area contributed by atoms with E-state index in [9.17, 15) is 18.0 Å². The average Bonchev–Trinajstić information content (AvgIpc) is 3.28. The smallest absolute Gasteiger partial charge is 0.332 e. The van der Waals surface area contributed by atoms with Gasteiger partial charge in [0.15, 0.2) is 0 Å². The van der Waals surface area contributed by atoms with Gasteiger partial charge in [-0.25, -0.2) is 17.8 Å². The fourth-order valence-electron chi connectivity index (χ4n) is 4.30. The molecule has 0 aliphatic carbocycles. The molecule has 0 atom stereocenters. The largest absolute Gasteiger partial charge is 0.495 e. The van der Waals surface area contributed by atoms with Crippen LogP contribution in [-0.4, -0.2) is 31.3 Å². The number of benzene rings is 3. The molecule has 3 aromatic carbocycles. The summed E-state index contributed by atoms with van der Waals surface area (Å²) in [6.07, 6.45) is 2.43. The van der Waals surface area contributed by atoms with Gasteiger partial charge in [-0.2, -0.15) is 0 Å². The third-order valence-electron chi connectivity index (χ3n) is 5.85. The number of H-pyrrole nitrogens is 1. The quantitative estimate of drug-likeness (QED) is 0.327. The highest BCUT2D eigenvalue weighted by atomic mass is 32.2. The number of thiophene rings is 1. The second kappa shape index (κ2) is 9.38. The van der Waals surface area contributed by atoms with Crippen molar-refractivity contribution in [2.45, 2.75) is 6.92 Å². The summed E-state index contributed by atoms with van der Waals surface area (Å²) in [6, 6.07) is 19.9. The Morgan fingerprint density at radius 3 is 2.32 bits per heavy atom. The van der Waals surface area contributed by atoms with Crippen molar-refractivity contribution < 1.29 is 13.2 Å². The number of aryl methyl sites for hydroxylation is 1. The van der Waals surface area contributed by atoms with Crippen molar-refractivity contribution in [3.63, 3.8) is 0 Å². The summed E-state index contributed by atoms with van der Waals surface area (Å²) >= 11 is 1.59. The first-order valence-electron chi connectivity index (χ1n) is 11.2. The van der Waals surface area contributed by atoms with Crippen LogP contribution in [-0.2, 0) is 10.0 Å². The lowest BCUT2D eigenvalue weighted by Gasteiger charge is -2.17. The summed E-state index contributed by atoms with van der Waals surface area (Å²) in [4.78, 5) is 29.9. The topological polar surface area (TPSA) is 110 Å². The number of aromatic nitrogens is 2. The first-order valence-corrected chi connectivity index (χ1v) is 14.0. The van der Waals surface area contributed by atoms with Gasteiger partial charge in [-0.1, -0.05) is 18.2 Å². The lowest BCUT2D eigenvalue weighted by Crippen LogP contribution is -2.32. The molecular formula is C27H23N3O5S2. The maximum atomic E-state index is 12.7. The molecule has 37 heavy (non-hydrogen) atoms. The summed E-state index contributed by atoms with van der Waals surface area (Å²) in [7, 11) is -1.80. The highest BCUT2D eigenvalue weighted by Gasteiger charge is 2.19. The number of ether oxygens (including phenoxy) is 1. The minimum Gasteiger partial charge on any atom is -0.495 e. The van der Waals surface area contributed by atoms with Crippen LogP contribution in [0.4, 0.5) is 5.69 Å². The Balaban J connectivity index is 1.75. The van der Waals surface area contributed by atoms with Gasteiger partial charge in [-0.3, -0.25) is 9.52 Å². The van der Waals surface area contributed by atoms with Gasteiger partial charge >= 0.3 is 5.69 Å². The number of anilines is 1. The summed E-state index contributed by atoms with van der Waals surface area (Å²) in [6.45, 7) is 2.01. The van der Waals surface area contributed by atoms with Crippen LogP contribution in [0.5, 0.6) is 5.75 Å². The number of fused-ring (bicyclic) bond motifs is 1. The zero-order chi connectivity index (χ0) is 26.3. The number of methoxy groups -OCH3 is 1. The van der Waals surface area contributed by atoms with Crippen molar-refractivity contribution in [1.82, 2.24) is 9.55 Å². The second-order valence-corrected chi connectivity index (χ2v) is 11.6. The van der Waals surface area contributed by atoms with E-state index in [0.29, 0.717) is 22.7 Å². The first-order chi connectivity index (χ1) is 17.6. The van der Waals surface area contributed by atoms with Gasteiger partial charge in [0.05, 0.1) is 19.1 Å². The van der Waals surface area contributed by atoms with Crippen LogP contribution in [0, 0.1) is 6.92 Å². The van der Waals surface area contributed by atoms with Gasteiger partial charge in [-0.15, -0.1) is 11.3 Å². The van der Waals surface area contributed by atoms with Gasteiger partial charge in [0.1, 0.15) is 5.75 Å². The molecule has 0 unspecified atom stereocenters.